The summed E-state index contributed by atoms with van der Waals surface area (Å²) in [6.07, 6.45) is 7.42. The van der Waals surface area contributed by atoms with Gasteiger partial charge in [-0.2, -0.15) is 0 Å². The molecule has 0 saturated carbocycles. The molecule has 0 aromatic carbocycles. The summed E-state index contributed by atoms with van der Waals surface area (Å²) in [6, 6.07) is 0. The first-order chi connectivity index (χ1) is 6.18. The number of carbonyl (C=O) groups is 1. The Balaban J connectivity index is 2.23. The topological polar surface area (TPSA) is 49.3 Å². The van der Waals surface area contributed by atoms with E-state index >= 15 is 0 Å². The molecule has 72 valence electrons. The van der Waals surface area contributed by atoms with E-state index in [4.69, 9.17) is 5.11 Å². The smallest absolute Gasteiger partial charge is 0.317 e. The zero-order valence-corrected chi connectivity index (χ0v) is 7.79. The van der Waals surface area contributed by atoms with Gasteiger partial charge in [-0.3, -0.25) is 4.79 Å². The highest BCUT2D eigenvalue weighted by Crippen LogP contribution is 2.14. The summed E-state index contributed by atoms with van der Waals surface area (Å²) < 4.78 is 0. The molecule has 1 rings (SSSR count). The van der Waals surface area contributed by atoms with Crippen LogP contribution in [-0.2, 0) is 4.79 Å². The third-order valence-electron chi connectivity index (χ3n) is 2.00. The van der Waals surface area contributed by atoms with E-state index in [-0.39, 0.29) is 6.54 Å². The molecule has 0 aromatic heterocycles. The van der Waals surface area contributed by atoms with Gasteiger partial charge in [-0.05, 0) is 17.9 Å². The molecule has 2 N–H and O–H groups in total. The van der Waals surface area contributed by atoms with Crippen LogP contribution in [0.25, 0.3) is 0 Å². The van der Waals surface area contributed by atoms with Crippen molar-refractivity contribution in [3.63, 3.8) is 0 Å². The van der Waals surface area contributed by atoms with Crippen molar-refractivity contribution >= 4 is 5.97 Å². The summed E-state index contributed by atoms with van der Waals surface area (Å²) in [6.45, 7) is 2.84. The van der Waals surface area contributed by atoms with E-state index in [9.17, 15) is 4.79 Å². The van der Waals surface area contributed by atoms with Gasteiger partial charge in [0.25, 0.3) is 0 Å². The SMILES string of the molecule is CC1C=CC(CNCC(=O)O)=CC1. The fourth-order valence-electron chi connectivity index (χ4n) is 1.22. The molecule has 0 bridgehead atoms. The van der Waals surface area contributed by atoms with Crippen molar-refractivity contribution < 1.29 is 9.90 Å². The van der Waals surface area contributed by atoms with Crippen molar-refractivity contribution in [3.05, 3.63) is 23.8 Å². The molecule has 0 saturated heterocycles. The molecule has 0 aliphatic heterocycles. The molecule has 1 atom stereocenters. The third-order valence-corrected chi connectivity index (χ3v) is 2.00. The molecule has 3 heteroatoms. The van der Waals surface area contributed by atoms with Gasteiger partial charge in [0, 0.05) is 6.54 Å². The molecule has 3 nitrogen and oxygen atoms in total. The van der Waals surface area contributed by atoms with Gasteiger partial charge < -0.3 is 10.4 Å². The maximum atomic E-state index is 10.2. The van der Waals surface area contributed by atoms with Gasteiger partial charge in [0.1, 0.15) is 0 Å². The van der Waals surface area contributed by atoms with Crippen LogP contribution in [-0.4, -0.2) is 24.2 Å². The molecule has 0 radical (unpaired) electrons. The Morgan fingerprint density at radius 2 is 2.54 bits per heavy atom. The quantitative estimate of drug-likeness (QED) is 0.684. The first-order valence-corrected chi connectivity index (χ1v) is 4.48. The Bertz CT molecular complexity index is 243. The number of hydrogen-bond donors (Lipinski definition) is 2. The van der Waals surface area contributed by atoms with Crippen molar-refractivity contribution in [2.75, 3.05) is 13.1 Å². The van der Waals surface area contributed by atoms with Crippen LogP contribution in [0, 0.1) is 5.92 Å². The molecule has 1 aliphatic carbocycles. The fraction of sp³-hybridized carbons (Fsp3) is 0.500. The molecule has 0 spiro atoms. The Labute approximate surface area is 78.1 Å². The average molecular weight is 181 g/mol. The van der Waals surface area contributed by atoms with Crippen molar-refractivity contribution in [1.82, 2.24) is 5.32 Å². The van der Waals surface area contributed by atoms with Crippen molar-refractivity contribution in [3.8, 4) is 0 Å². The number of rotatable bonds is 4. The number of carboxylic acids is 1. The highest BCUT2D eigenvalue weighted by atomic mass is 16.4. The lowest BCUT2D eigenvalue weighted by molar-refractivity contribution is -0.135. The van der Waals surface area contributed by atoms with Crippen LogP contribution in [0.15, 0.2) is 23.8 Å². The van der Waals surface area contributed by atoms with Crippen molar-refractivity contribution in [2.45, 2.75) is 13.3 Å². The largest absolute Gasteiger partial charge is 0.480 e. The molecule has 0 fully saturated rings. The van der Waals surface area contributed by atoms with Crippen molar-refractivity contribution in [2.24, 2.45) is 5.92 Å². The summed E-state index contributed by atoms with van der Waals surface area (Å²) in [5.41, 5.74) is 1.18. The second kappa shape index (κ2) is 4.82. The monoisotopic (exact) mass is 181 g/mol. The number of nitrogens with one attached hydrogen (secondary N) is 1. The van der Waals surface area contributed by atoms with Crippen LogP contribution in [0.5, 0.6) is 0 Å². The average Bonchev–Trinajstić information content (AvgIpc) is 2.08. The minimum atomic E-state index is -0.811. The predicted octanol–water partition coefficient (Wildman–Crippen LogP) is 1.18. The van der Waals surface area contributed by atoms with E-state index < -0.39 is 5.97 Å². The predicted molar refractivity (Wildman–Crippen MR) is 51.5 cm³/mol. The van der Waals surface area contributed by atoms with Gasteiger partial charge in [-0.1, -0.05) is 25.2 Å². The van der Waals surface area contributed by atoms with E-state index in [1.165, 1.54) is 5.57 Å². The number of allylic oxidation sites excluding steroid dienone is 2. The van der Waals surface area contributed by atoms with Crippen molar-refractivity contribution in [1.29, 1.82) is 0 Å². The first kappa shape index (κ1) is 9.99. The lowest BCUT2D eigenvalue weighted by Crippen LogP contribution is -2.24. The lowest BCUT2D eigenvalue weighted by Gasteiger charge is -2.11. The number of carboxylic acid groups (broad SMARTS) is 1. The van der Waals surface area contributed by atoms with Crippen LogP contribution in [0.2, 0.25) is 0 Å². The van der Waals surface area contributed by atoms with Gasteiger partial charge in [-0.25, -0.2) is 0 Å². The number of aliphatic carboxylic acids is 1. The molecule has 13 heavy (non-hydrogen) atoms. The van der Waals surface area contributed by atoms with Gasteiger partial charge >= 0.3 is 5.97 Å². The fourth-order valence-corrected chi connectivity index (χ4v) is 1.22. The van der Waals surface area contributed by atoms with Gasteiger partial charge in [0.15, 0.2) is 0 Å². The molecule has 0 heterocycles. The van der Waals surface area contributed by atoms with E-state index in [1.807, 2.05) is 0 Å². The van der Waals surface area contributed by atoms with E-state index in [2.05, 4.69) is 30.5 Å². The standard InChI is InChI=1S/C10H15NO2/c1-8-2-4-9(5-3-8)6-11-7-10(12)13/h2,4-5,8,11H,3,6-7H2,1H3,(H,12,13). The summed E-state index contributed by atoms with van der Waals surface area (Å²) in [4.78, 5) is 10.2. The minimum absolute atomic E-state index is 0.0285. The summed E-state index contributed by atoms with van der Waals surface area (Å²) >= 11 is 0. The highest BCUT2D eigenvalue weighted by Gasteiger charge is 2.03. The van der Waals surface area contributed by atoms with Gasteiger partial charge in [0.2, 0.25) is 0 Å². The maximum absolute atomic E-state index is 10.2. The minimum Gasteiger partial charge on any atom is -0.480 e. The molecule has 1 unspecified atom stereocenters. The molecule has 1 aliphatic rings. The van der Waals surface area contributed by atoms with E-state index in [0.717, 1.165) is 6.42 Å². The summed E-state index contributed by atoms with van der Waals surface area (Å²) in [5, 5.41) is 11.2. The van der Waals surface area contributed by atoms with E-state index in [1.54, 1.807) is 0 Å². The molecule has 0 amide bonds. The van der Waals surface area contributed by atoms with Crippen LogP contribution in [0.4, 0.5) is 0 Å². The van der Waals surface area contributed by atoms with Gasteiger partial charge in [0.05, 0.1) is 6.54 Å². The summed E-state index contributed by atoms with van der Waals surface area (Å²) in [5.74, 6) is -0.197. The first-order valence-electron chi connectivity index (χ1n) is 4.48. The number of hydrogen-bond acceptors (Lipinski definition) is 2. The molecule has 0 aromatic rings. The Hall–Kier alpha value is -1.09. The second-order valence-corrected chi connectivity index (χ2v) is 3.35. The van der Waals surface area contributed by atoms with Crippen LogP contribution >= 0.6 is 0 Å². The van der Waals surface area contributed by atoms with Crippen LogP contribution < -0.4 is 5.32 Å². The second-order valence-electron chi connectivity index (χ2n) is 3.35. The Kier molecular flexibility index (Phi) is 3.71. The van der Waals surface area contributed by atoms with E-state index in [0.29, 0.717) is 12.5 Å². The normalized spacial score (nSPS) is 21.3. The third kappa shape index (κ3) is 3.90. The van der Waals surface area contributed by atoms with Crippen LogP contribution in [0.1, 0.15) is 13.3 Å². The Morgan fingerprint density at radius 1 is 1.77 bits per heavy atom. The highest BCUT2D eigenvalue weighted by molar-refractivity contribution is 5.69. The zero-order valence-electron chi connectivity index (χ0n) is 7.79. The zero-order chi connectivity index (χ0) is 9.68. The molecular weight excluding hydrogens is 166 g/mol. The Morgan fingerprint density at radius 3 is 3.08 bits per heavy atom. The van der Waals surface area contributed by atoms with Crippen LogP contribution in [0.3, 0.4) is 0 Å². The summed E-state index contributed by atoms with van der Waals surface area (Å²) in [7, 11) is 0. The van der Waals surface area contributed by atoms with Gasteiger partial charge in [-0.15, -0.1) is 0 Å². The molecular formula is C10H15NO2. The lowest BCUT2D eigenvalue weighted by atomic mass is 9.99. The maximum Gasteiger partial charge on any atom is 0.317 e.